The van der Waals surface area contributed by atoms with E-state index >= 15 is 0 Å². The summed E-state index contributed by atoms with van der Waals surface area (Å²) in [5, 5.41) is 5.82. The van der Waals surface area contributed by atoms with E-state index in [9.17, 15) is 9.59 Å². The quantitative estimate of drug-likeness (QED) is 0.739. The second kappa shape index (κ2) is 6.33. The van der Waals surface area contributed by atoms with E-state index in [0.29, 0.717) is 19.6 Å². The molecular formula is C14H19N3O2. The molecular weight excluding hydrogens is 242 g/mol. The fraction of sp³-hybridized carbons (Fsp3) is 0.429. The van der Waals surface area contributed by atoms with Crippen LogP contribution in [0.25, 0.3) is 0 Å². The maximum atomic E-state index is 11.9. The molecule has 5 nitrogen and oxygen atoms in total. The predicted molar refractivity (Wildman–Crippen MR) is 72.5 cm³/mol. The third-order valence-corrected chi connectivity index (χ3v) is 3.13. The van der Waals surface area contributed by atoms with Crippen molar-refractivity contribution in [3.05, 3.63) is 35.4 Å². The molecule has 2 N–H and O–H groups in total. The molecule has 1 saturated heterocycles. The molecule has 1 aliphatic heterocycles. The Balaban J connectivity index is 1.85. The van der Waals surface area contributed by atoms with Crippen molar-refractivity contribution in [3.8, 4) is 0 Å². The van der Waals surface area contributed by atoms with E-state index in [4.69, 9.17) is 0 Å². The van der Waals surface area contributed by atoms with Crippen molar-refractivity contribution in [1.82, 2.24) is 15.5 Å². The number of piperazine rings is 1. The molecule has 0 radical (unpaired) electrons. The Morgan fingerprint density at radius 2 is 2.05 bits per heavy atom. The van der Waals surface area contributed by atoms with Gasteiger partial charge in [-0.2, -0.15) is 0 Å². The summed E-state index contributed by atoms with van der Waals surface area (Å²) in [5.74, 6) is -0.961. The second-order valence-corrected chi connectivity index (χ2v) is 4.71. The minimum Gasteiger partial charge on any atom is -0.344 e. The number of nitrogens with one attached hydrogen (secondary N) is 2. The highest BCUT2D eigenvalue weighted by molar-refractivity contribution is 6.34. The van der Waals surface area contributed by atoms with E-state index in [-0.39, 0.29) is 0 Å². The van der Waals surface area contributed by atoms with Gasteiger partial charge in [-0.15, -0.1) is 0 Å². The largest absolute Gasteiger partial charge is 0.344 e. The SMILES string of the molecule is Cc1cccc(CNC(=O)C(=O)N2CCNCC2)c1. The number of carbonyl (C=O) groups is 2. The molecule has 1 heterocycles. The molecule has 5 heteroatoms. The minimum atomic E-state index is -0.525. The minimum absolute atomic E-state index is 0.387. The van der Waals surface area contributed by atoms with Crippen LogP contribution in [-0.2, 0) is 16.1 Å². The van der Waals surface area contributed by atoms with Crippen molar-refractivity contribution in [3.63, 3.8) is 0 Å². The maximum absolute atomic E-state index is 11.9. The maximum Gasteiger partial charge on any atom is 0.311 e. The molecule has 2 rings (SSSR count). The summed E-state index contributed by atoms with van der Waals surface area (Å²) in [7, 11) is 0. The van der Waals surface area contributed by atoms with Crippen molar-refractivity contribution in [1.29, 1.82) is 0 Å². The predicted octanol–water partition coefficient (Wildman–Crippen LogP) is 0.0430. The van der Waals surface area contributed by atoms with Gasteiger partial charge in [0.25, 0.3) is 0 Å². The standard InChI is InChI=1S/C14H19N3O2/c1-11-3-2-4-12(9-11)10-16-13(18)14(19)17-7-5-15-6-8-17/h2-4,9,15H,5-8,10H2,1H3,(H,16,18). The first-order chi connectivity index (χ1) is 9.16. The van der Waals surface area contributed by atoms with Gasteiger partial charge in [-0.25, -0.2) is 0 Å². The molecule has 2 amide bonds. The number of amides is 2. The van der Waals surface area contributed by atoms with Crippen molar-refractivity contribution in [2.24, 2.45) is 0 Å². The van der Waals surface area contributed by atoms with Crippen molar-refractivity contribution in [2.45, 2.75) is 13.5 Å². The van der Waals surface area contributed by atoms with Crippen LogP contribution in [0.4, 0.5) is 0 Å². The lowest BCUT2D eigenvalue weighted by molar-refractivity contribution is -0.146. The van der Waals surface area contributed by atoms with Crippen molar-refractivity contribution >= 4 is 11.8 Å². The van der Waals surface area contributed by atoms with Crippen molar-refractivity contribution < 1.29 is 9.59 Å². The first-order valence-corrected chi connectivity index (χ1v) is 6.50. The first kappa shape index (κ1) is 13.5. The van der Waals surface area contributed by atoms with Gasteiger partial charge >= 0.3 is 11.8 Å². The molecule has 1 aliphatic rings. The lowest BCUT2D eigenvalue weighted by Crippen LogP contribution is -2.51. The third kappa shape index (κ3) is 3.79. The number of aryl methyl sites for hydroxylation is 1. The first-order valence-electron chi connectivity index (χ1n) is 6.50. The number of hydrogen-bond acceptors (Lipinski definition) is 3. The Hall–Kier alpha value is -1.88. The zero-order valence-corrected chi connectivity index (χ0v) is 11.1. The van der Waals surface area contributed by atoms with E-state index in [2.05, 4.69) is 10.6 Å². The van der Waals surface area contributed by atoms with Crippen LogP contribution in [0.15, 0.2) is 24.3 Å². The highest BCUT2D eigenvalue weighted by Crippen LogP contribution is 2.03. The normalized spacial score (nSPS) is 15.1. The van der Waals surface area contributed by atoms with Crippen molar-refractivity contribution in [2.75, 3.05) is 26.2 Å². The molecule has 0 bridgehead atoms. The number of nitrogens with zero attached hydrogens (tertiary/aromatic N) is 1. The summed E-state index contributed by atoms with van der Waals surface area (Å²) in [6, 6.07) is 7.87. The molecule has 0 atom stereocenters. The fourth-order valence-corrected chi connectivity index (χ4v) is 2.09. The van der Waals surface area contributed by atoms with Crippen LogP contribution < -0.4 is 10.6 Å². The summed E-state index contributed by atoms with van der Waals surface area (Å²) in [4.78, 5) is 25.2. The monoisotopic (exact) mass is 261 g/mol. The molecule has 1 aromatic carbocycles. The Kier molecular flexibility index (Phi) is 4.52. The number of rotatable bonds is 2. The Morgan fingerprint density at radius 1 is 1.32 bits per heavy atom. The van der Waals surface area contributed by atoms with Gasteiger partial charge in [-0.3, -0.25) is 9.59 Å². The molecule has 102 valence electrons. The van der Waals surface area contributed by atoms with Gasteiger partial charge in [0, 0.05) is 32.7 Å². The average Bonchev–Trinajstić information content (AvgIpc) is 2.45. The van der Waals surface area contributed by atoms with E-state index in [1.54, 1.807) is 4.90 Å². The van der Waals surface area contributed by atoms with Crippen LogP contribution in [-0.4, -0.2) is 42.9 Å². The van der Waals surface area contributed by atoms with Crippen LogP contribution in [0, 0.1) is 6.92 Å². The highest BCUT2D eigenvalue weighted by atomic mass is 16.2. The summed E-state index contributed by atoms with van der Waals surface area (Å²) < 4.78 is 0. The van der Waals surface area contributed by atoms with Crippen LogP contribution in [0.5, 0.6) is 0 Å². The molecule has 0 aromatic heterocycles. The van der Waals surface area contributed by atoms with Gasteiger partial charge < -0.3 is 15.5 Å². The highest BCUT2D eigenvalue weighted by Gasteiger charge is 2.22. The molecule has 19 heavy (non-hydrogen) atoms. The molecule has 0 unspecified atom stereocenters. The Morgan fingerprint density at radius 3 is 2.74 bits per heavy atom. The summed E-state index contributed by atoms with van der Waals surface area (Å²) in [5.41, 5.74) is 2.14. The molecule has 1 aromatic rings. The number of carbonyl (C=O) groups excluding carboxylic acids is 2. The van der Waals surface area contributed by atoms with E-state index in [1.165, 1.54) is 0 Å². The summed E-state index contributed by atoms with van der Waals surface area (Å²) in [6.45, 7) is 5.07. The van der Waals surface area contributed by atoms with Gasteiger partial charge in [0.05, 0.1) is 0 Å². The van der Waals surface area contributed by atoms with E-state index in [0.717, 1.165) is 24.2 Å². The lowest BCUT2D eigenvalue weighted by Gasteiger charge is -2.26. The van der Waals surface area contributed by atoms with Gasteiger partial charge in [0.15, 0.2) is 0 Å². The number of hydrogen-bond donors (Lipinski definition) is 2. The van der Waals surface area contributed by atoms with Gasteiger partial charge in [-0.1, -0.05) is 29.8 Å². The Labute approximate surface area is 113 Å². The van der Waals surface area contributed by atoms with Gasteiger partial charge in [0.1, 0.15) is 0 Å². The second-order valence-electron chi connectivity index (χ2n) is 4.71. The molecule has 0 spiro atoms. The zero-order chi connectivity index (χ0) is 13.7. The Bertz CT molecular complexity index is 468. The summed E-state index contributed by atoms with van der Waals surface area (Å²) in [6.07, 6.45) is 0. The molecule has 0 aliphatic carbocycles. The van der Waals surface area contributed by atoms with E-state index in [1.807, 2.05) is 31.2 Å². The van der Waals surface area contributed by atoms with E-state index < -0.39 is 11.8 Å². The average molecular weight is 261 g/mol. The molecule has 1 fully saturated rings. The number of benzene rings is 1. The third-order valence-electron chi connectivity index (χ3n) is 3.13. The van der Waals surface area contributed by atoms with Crippen LogP contribution >= 0.6 is 0 Å². The summed E-state index contributed by atoms with van der Waals surface area (Å²) >= 11 is 0. The van der Waals surface area contributed by atoms with Crippen LogP contribution in [0.3, 0.4) is 0 Å². The van der Waals surface area contributed by atoms with Crippen LogP contribution in [0.1, 0.15) is 11.1 Å². The van der Waals surface area contributed by atoms with Crippen LogP contribution in [0.2, 0.25) is 0 Å². The molecule has 0 saturated carbocycles. The fourth-order valence-electron chi connectivity index (χ4n) is 2.09. The lowest BCUT2D eigenvalue weighted by atomic mass is 10.1. The van der Waals surface area contributed by atoms with Gasteiger partial charge in [-0.05, 0) is 12.5 Å². The van der Waals surface area contributed by atoms with Gasteiger partial charge in [0.2, 0.25) is 0 Å². The zero-order valence-electron chi connectivity index (χ0n) is 11.1. The smallest absolute Gasteiger partial charge is 0.311 e. The topological polar surface area (TPSA) is 61.4 Å².